The first kappa shape index (κ1) is 18.8. The fraction of sp³-hybridized carbons (Fsp3) is 0.353. The van der Waals surface area contributed by atoms with Gasteiger partial charge in [0.05, 0.1) is 12.1 Å². The van der Waals surface area contributed by atoms with Gasteiger partial charge in [0.25, 0.3) is 15.9 Å². The topological polar surface area (TPSA) is 95.9 Å². The molecule has 0 bridgehead atoms. The molecule has 0 atom stereocenters. The summed E-state index contributed by atoms with van der Waals surface area (Å²) in [7, 11) is -0.606. The van der Waals surface area contributed by atoms with Gasteiger partial charge in [-0.25, -0.2) is 8.42 Å². The number of anilines is 1. The second-order valence-corrected chi connectivity index (χ2v) is 9.57. The van der Waals surface area contributed by atoms with E-state index < -0.39 is 21.5 Å². The monoisotopic (exact) mass is 396 g/mol. The number of hydrogen-bond donors (Lipinski definition) is 2. The van der Waals surface area contributed by atoms with Crippen LogP contribution in [0.2, 0.25) is 0 Å². The van der Waals surface area contributed by atoms with E-state index in [-0.39, 0.29) is 10.8 Å². The summed E-state index contributed by atoms with van der Waals surface area (Å²) in [6.45, 7) is 0.214. The predicted octanol–water partition coefficient (Wildman–Crippen LogP) is 2.04. The normalized spacial score (nSPS) is 15.7. The molecule has 2 aromatic rings. The van der Waals surface area contributed by atoms with E-state index in [1.807, 2.05) is 0 Å². The highest BCUT2D eigenvalue weighted by molar-refractivity contribution is 7.91. The molecule has 26 heavy (non-hydrogen) atoms. The van der Waals surface area contributed by atoms with Crippen molar-refractivity contribution in [2.24, 2.45) is 0 Å². The Morgan fingerprint density at radius 2 is 1.92 bits per heavy atom. The molecule has 9 heteroatoms. The lowest BCUT2D eigenvalue weighted by Crippen LogP contribution is -2.28. The van der Waals surface area contributed by atoms with E-state index in [1.165, 1.54) is 23.5 Å². The SMILES string of the molecule is COc1ccc(CN(C)S(=O)(=O)c2ccc(NC(=O)C3(O)CC3)s2)cc1. The van der Waals surface area contributed by atoms with Gasteiger partial charge in [-0.15, -0.1) is 11.3 Å². The summed E-state index contributed by atoms with van der Waals surface area (Å²) in [5, 5.41) is 12.7. The van der Waals surface area contributed by atoms with Gasteiger partial charge in [0.15, 0.2) is 0 Å². The molecule has 3 rings (SSSR count). The Bertz CT molecular complexity index is 901. The molecule has 7 nitrogen and oxygen atoms in total. The van der Waals surface area contributed by atoms with Crippen LogP contribution >= 0.6 is 11.3 Å². The molecule has 1 aliphatic carbocycles. The number of ether oxygens (including phenoxy) is 1. The van der Waals surface area contributed by atoms with Crippen LogP contribution in [0.5, 0.6) is 5.75 Å². The summed E-state index contributed by atoms with van der Waals surface area (Å²) >= 11 is 0.964. The van der Waals surface area contributed by atoms with Gasteiger partial charge in [-0.05, 0) is 42.7 Å². The standard InChI is InChI=1S/C17H20N2O5S2/c1-19(11-12-3-5-13(24-2)6-4-12)26(22,23)15-8-7-14(25-15)18-16(20)17(21)9-10-17/h3-8,21H,9-11H2,1-2H3,(H,18,20). The van der Waals surface area contributed by atoms with E-state index in [1.54, 1.807) is 31.4 Å². The predicted molar refractivity (Wildman–Crippen MR) is 98.8 cm³/mol. The molecule has 1 amide bonds. The van der Waals surface area contributed by atoms with Crippen molar-refractivity contribution in [3.05, 3.63) is 42.0 Å². The van der Waals surface area contributed by atoms with Gasteiger partial charge in [0, 0.05) is 13.6 Å². The summed E-state index contributed by atoms with van der Waals surface area (Å²) in [6, 6.07) is 10.1. The molecule has 1 aromatic heterocycles. The summed E-state index contributed by atoms with van der Waals surface area (Å²) in [4.78, 5) is 11.9. The molecule has 0 saturated heterocycles. The minimum Gasteiger partial charge on any atom is -0.497 e. The van der Waals surface area contributed by atoms with E-state index in [0.717, 1.165) is 16.9 Å². The van der Waals surface area contributed by atoms with Crippen molar-refractivity contribution >= 4 is 32.3 Å². The Morgan fingerprint density at radius 1 is 1.27 bits per heavy atom. The minimum atomic E-state index is -3.68. The fourth-order valence-electron chi connectivity index (χ4n) is 2.33. The molecule has 1 aliphatic rings. The van der Waals surface area contributed by atoms with Crippen LogP contribution in [0, 0.1) is 0 Å². The van der Waals surface area contributed by atoms with Gasteiger partial charge in [0.2, 0.25) is 0 Å². The quantitative estimate of drug-likeness (QED) is 0.747. The van der Waals surface area contributed by atoms with Gasteiger partial charge in [-0.2, -0.15) is 4.31 Å². The van der Waals surface area contributed by atoms with E-state index in [9.17, 15) is 18.3 Å². The van der Waals surface area contributed by atoms with Crippen LogP contribution in [0.15, 0.2) is 40.6 Å². The van der Waals surface area contributed by atoms with Gasteiger partial charge in [-0.3, -0.25) is 4.79 Å². The molecule has 2 N–H and O–H groups in total. The highest BCUT2D eigenvalue weighted by atomic mass is 32.2. The average Bonchev–Trinajstić information content (AvgIpc) is 3.19. The van der Waals surface area contributed by atoms with Gasteiger partial charge >= 0.3 is 0 Å². The molecule has 140 valence electrons. The van der Waals surface area contributed by atoms with Crippen molar-refractivity contribution < 1.29 is 23.1 Å². The number of thiophene rings is 1. The maximum atomic E-state index is 12.7. The molecule has 0 unspecified atom stereocenters. The van der Waals surface area contributed by atoms with Crippen LogP contribution in [-0.4, -0.2) is 43.5 Å². The summed E-state index contributed by atoms with van der Waals surface area (Å²) in [5.74, 6) is 0.213. The molecule has 0 spiro atoms. The van der Waals surface area contributed by atoms with Crippen molar-refractivity contribution in [3.8, 4) is 5.75 Å². The maximum absolute atomic E-state index is 12.7. The Kier molecular flexibility index (Phi) is 5.07. The number of nitrogens with zero attached hydrogens (tertiary/aromatic N) is 1. The van der Waals surface area contributed by atoms with E-state index in [2.05, 4.69) is 5.32 Å². The first-order chi connectivity index (χ1) is 12.2. The third-order valence-corrected chi connectivity index (χ3v) is 7.46. The number of carbonyl (C=O) groups is 1. The number of nitrogens with one attached hydrogen (secondary N) is 1. The number of aliphatic hydroxyl groups is 1. The van der Waals surface area contributed by atoms with E-state index in [0.29, 0.717) is 23.6 Å². The van der Waals surface area contributed by atoms with Crippen LogP contribution in [0.25, 0.3) is 0 Å². The average molecular weight is 396 g/mol. The van der Waals surface area contributed by atoms with Crippen molar-refractivity contribution in [2.75, 3.05) is 19.5 Å². The van der Waals surface area contributed by atoms with Crippen molar-refractivity contribution in [3.63, 3.8) is 0 Å². The van der Waals surface area contributed by atoms with Crippen LogP contribution < -0.4 is 10.1 Å². The lowest BCUT2D eigenvalue weighted by Gasteiger charge is -2.16. The van der Waals surface area contributed by atoms with Crippen LogP contribution in [-0.2, 0) is 21.4 Å². The lowest BCUT2D eigenvalue weighted by atomic mass is 10.2. The Hall–Kier alpha value is -1.94. The molecule has 1 aromatic carbocycles. The number of benzene rings is 1. The second-order valence-electron chi connectivity index (χ2n) is 6.21. The smallest absolute Gasteiger partial charge is 0.256 e. The Labute approximate surface area is 156 Å². The van der Waals surface area contributed by atoms with E-state index >= 15 is 0 Å². The molecule has 1 fully saturated rings. The zero-order valence-electron chi connectivity index (χ0n) is 14.4. The van der Waals surface area contributed by atoms with Gasteiger partial charge in [-0.1, -0.05) is 12.1 Å². The molecular formula is C17H20N2O5S2. The number of sulfonamides is 1. The zero-order chi connectivity index (χ0) is 18.9. The highest BCUT2D eigenvalue weighted by Gasteiger charge is 2.48. The van der Waals surface area contributed by atoms with Crippen LogP contribution in [0.4, 0.5) is 5.00 Å². The first-order valence-electron chi connectivity index (χ1n) is 7.97. The molecule has 0 aliphatic heterocycles. The highest BCUT2D eigenvalue weighted by Crippen LogP contribution is 2.37. The molecule has 1 saturated carbocycles. The number of carbonyl (C=O) groups excluding carboxylic acids is 1. The minimum absolute atomic E-state index is 0.131. The Morgan fingerprint density at radius 3 is 2.50 bits per heavy atom. The fourth-order valence-corrected chi connectivity index (χ4v) is 4.90. The van der Waals surface area contributed by atoms with Crippen LogP contribution in [0.3, 0.4) is 0 Å². The maximum Gasteiger partial charge on any atom is 0.256 e. The number of hydrogen-bond acceptors (Lipinski definition) is 6. The largest absolute Gasteiger partial charge is 0.497 e. The van der Waals surface area contributed by atoms with Gasteiger partial charge < -0.3 is 15.2 Å². The van der Waals surface area contributed by atoms with Crippen molar-refractivity contribution in [1.29, 1.82) is 0 Å². The lowest BCUT2D eigenvalue weighted by molar-refractivity contribution is -0.125. The third-order valence-electron chi connectivity index (χ3n) is 4.19. The van der Waals surface area contributed by atoms with Crippen LogP contribution in [0.1, 0.15) is 18.4 Å². The summed E-state index contributed by atoms with van der Waals surface area (Å²) in [6.07, 6.45) is 0.861. The molecular weight excluding hydrogens is 376 g/mol. The molecule has 1 heterocycles. The second kappa shape index (κ2) is 6.99. The number of amides is 1. The first-order valence-corrected chi connectivity index (χ1v) is 10.2. The number of rotatable bonds is 7. The summed E-state index contributed by atoms with van der Waals surface area (Å²) < 4.78 is 31.9. The van der Waals surface area contributed by atoms with Crippen molar-refractivity contribution in [1.82, 2.24) is 4.31 Å². The van der Waals surface area contributed by atoms with E-state index in [4.69, 9.17) is 4.74 Å². The Balaban J connectivity index is 1.69. The summed E-state index contributed by atoms with van der Waals surface area (Å²) in [5.41, 5.74) is -0.466. The van der Waals surface area contributed by atoms with Crippen molar-refractivity contribution in [2.45, 2.75) is 29.2 Å². The zero-order valence-corrected chi connectivity index (χ0v) is 16.1. The number of methoxy groups -OCH3 is 1. The molecule has 0 radical (unpaired) electrons. The van der Waals surface area contributed by atoms with Gasteiger partial charge in [0.1, 0.15) is 15.6 Å². The third kappa shape index (κ3) is 3.90.